The topological polar surface area (TPSA) is 67.9 Å². The van der Waals surface area contributed by atoms with Gasteiger partial charge in [-0.05, 0) is 32.2 Å². The molecule has 2 aromatic rings. The van der Waals surface area contributed by atoms with E-state index < -0.39 is 0 Å². The van der Waals surface area contributed by atoms with Crippen molar-refractivity contribution in [3.63, 3.8) is 0 Å². The zero-order valence-corrected chi connectivity index (χ0v) is 12.4. The summed E-state index contributed by atoms with van der Waals surface area (Å²) in [6, 6.07) is 0.212. The fourth-order valence-corrected chi connectivity index (χ4v) is 3.28. The Bertz CT molecular complexity index is 611. The van der Waals surface area contributed by atoms with E-state index in [9.17, 15) is 0 Å². The van der Waals surface area contributed by atoms with Gasteiger partial charge in [0.05, 0.1) is 6.04 Å². The van der Waals surface area contributed by atoms with Crippen molar-refractivity contribution in [2.45, 2.75) is 44.2 Å². The summed E-state index contributed by atoms with van der Waals surface area (Å²) in [5, 5.41) is 8.25. The van der Waals surface area contributed by atoms with E-state index in [1.807, 2.05) is 0 Å². The van der Waals surface area contributed by atoms with Crippen molar-refractivity contribution in [1.82, 2.24) is 24.6 Å². The number of likely N-dealkylation sites (tertiary alicyclic amines) is 1. The Balaban J connectivity index is 1.52. The van der Waals surface area contributed by atoms with Gasteiger partial charge in [-0.25, -0.2) is 0 Å². The molecule has 0 radical (unpaired) electrons. The highest BCUT2D eigenvalue weighted by molar-refractivity contribution is 7.10. The van der Waals surface area contributed by atoms with Crippen molar-refractivity contribution in [3.8, 4) is 0 Å². The smallest absolute Gasteiger partial charge is 0.229 e. The maximum Gasteiger partial charge on any atom is 0.229 e. The summed E-state index contributed by atoms with van der Waals surface area (Å²) in [4.78, 5) is 6.88. The third kappa shape index (κ3) is 2.34. The van der Waals surface area contributed by atoms with Gasteiger partial charge in [-0.1, -0.05) is 21.2 Å². The number of aromatic nitrogens is 4. The Hall–Kier alpha value is -1.05. The van der Waals surface area contributed by atoms with Crippen molar-refractivity contribution in [1.29, 1.82) is 0 Å². The molecular formula is C12H14ClN5OS. The first-order chi connectivity index (χ1) is 9.81. The van der Waals surface area contributed by atoms with Gasteiger partial charge in [-0.3, -0.25) is 4.90 Å². The molecule has 1 aliphatic heterocycles. The molecule has 1 saturated carbocycles. The Morgan fingerprint density at radius 3 is 3.00 bits per heavy atom. The maximum absolute atomic E-state index is 6.08. The molecule has 0 spiro atoms. The van der Waals surface area contributed by atoms with Crippen LogP contribution in [-0.2, 0) is 6.54 Å². The monoisotopic (exact) mass is 311 g/mol. The number of hydrogen-bond acceptors (Lipinski definition) is 7. The Morgan fingerprint density at radius 1 is 1.35 bits per heavy atom. The molecule has 1 atom stereocenters. The van der Waals surface area contributed by atoms with Crippen LogP contribution < -0.4 is 0 Å². The van der Waals surface area contributed by atoms with Crippen molar-refractivity contribution >= 4 is 23.1 Å². The van der Waals surface area contributed by atoms with Gasteiger partial charge in [0.25, 0.3) is 0 Å². The molecule has 0 bridgehead atoms. The van der Waals surface area contributed by atoms with Gasteiger partial charge in [0.15, 0.2) is 5.82 Å². The lowest BCUT2D eigenvalue weighted by molar-refractivity contribution is 0.231. The highest BCUT2D eigenvalue weighted by Crippen LogP contribution is 2.40. The molecule has 2 aliphatic rings. The van der Waals surface area contributed by atoms with Gasteiger partial charge in [0, 0.05) is 24.0 Å². The summed E-state index contributed by atoms with van der Waals surface area (Å²) in [6.45, 7) is 1.71. The van der Waals surface area contributed by atoms with Crippen molar-refractivity contribution < 1.29 is 4.52 Å². The maximum atomic E-state index is 6.08. The minimum absolute atomic E-state index is 0.212. The number of halogens is 1. The highest BCUT2D eigenvalue weighted by Gasteiger charge is 2.34. The van der Waals surface area contributed by atoms with Crippen LogP contribution in [0.4, 0.5) is 0 Å². The summed E-state index contributed by atoms with van der Waals surface area (Å²) >= 11 is 7.31. The van der Waals surface area contributed by atoms with Crippen molar-refractivity contribution in [3.05, 3.63) is 21.7 Å². The van der Waals surface area contributed by atoms with E-state index >= 15 is 0 Å². The van der Waals surface area contributed by atoms with E-state index in [1.54, 1.807) is 0 Å². The van der Waals surface area contributed by atoms with Crippen LogP contribution in [0.25, 0.3) is 0 Å². The van der Waals surface area contributed by atoms with Gasteiger partial charge in [-0.2, -0.15) is 4.98 Å². The van der Waals surface area contributed by atoms with Crippen LogP contribution in [0.2, 0.25) is 4.34 Å². The van der Waals surface area contributed by atoms with E-state index in [4.69, 9.17) is 16.1 Å². The number of rotatable bonds is 4. The van der Waals surface area contributed by atoms with E-state index in [2.05, 4.69) is 24.6 Å². The van der Waals surface area contributed by atoms with Crippen LogP contribution in [0, 0.1) is 0 Å². The molecule has 106 valence electrons. The molecule has 20 heavy (non-hydrogen) atoms. The minimum Gasteiger partial charge on any atom is -0.339 e. The van der Waals surface area contributed by atoms with E-state index in [1.165, 1.54) is 24.4 Å². The van der Waals surface area contributed by atoms with Gasteiger partial charge in [0.1, 0.15) is 10.0 Å². The van der Waals surface area contributed by atoms with Crippen LogP contribution >= 0.6 is 23.1 Å². The Kier molecular flexibility index (Phi) is 3.20. The lowest BCUT2D eigenvalue weighted by Gasteiger charge is -2.20. The lowest BCUT2D eigenvalue weighted by Crippen LogP contribution is -2.24. The zero-order valence-electron chi connectivity index (χ0n) is 10.8. The van der Waals surface area contributed by atoms with E-state index in [0.717, 1.165) is 36.8 Å². The number of nitrogens with zero attached hydrogens (tertiary/aromatic N) is 5. The molecule has 6 nitrogen and oxygen atoms in total. The Labute approximate surface area is 125 Å². The standard InChI is InChI=1S/C12H14ClN5OS/c13-10-8(15-17-20-10)6-18-5-1-2-9(18)11-14-12(19-16-11)7-3-4-7/h7,9H,1-6H2/t9-/m0/s1. The predicted molar refractivity (Wildman–Crippen MR) is 73.6 cm³/mol. The van der Waals surface area contributed by atoms with Crippen molar-refractivity contribution in [2.75, 3.05) is 6.54 Å². The molecule has 8 heteroatoms. The van der Waals surface area contributed by atoms with Gasteiger partial charge in [-0.15, -0.1) is 5.10 Å². The van der Waals surface area contributed by atoms with Crippen LogP contribution in [0.1, 0.15) is 55.1 Å². The van der Waals surface area contributed by atoms with E-state index in [0.29, 0.717) is 16.8 Å². The van der Waals surface area contributed by atoms with Gasteiger partial charge in [0.2, 0.25) is 5.89 Å². The zero-order chi connectivity index (χ0) is 13.5. The third-order valence-corrected chi connectivity index (χ3v) is 4.89. The van der Waals surface area contributed by atoms with Crippen LogP contribution in [-0.4, -0.2) is 31.2 Å². The molecule has 0 unspecified atom stereocenters. The molecule has 0 amide bonds. The third-order valence-electron chi connectivity index (χ3n) is 3.91. The molecule has 2 aromatic heterocycles. The first-order valence-electron chi connectivity index (χ1n) is 6.85. The quantitative estimate of drug-likeness (QED) is 0.865. The fourth-order valence-electron chi connectivity index (χ4n) is 2.67. The molecule has 0 aromatic carbocycles. The molecular weight excluding hydrogens is 298 g/mol. The molecule has 1 saturated heterocycles. The fraction of sp³-hybridized carbons (Fsp3) is 0.667. The average molecular weight is 312 g/mol. The number of hydrogen-bond donors (Lipinski definition) is 0. The van der Waals surface area contributed by atoms with E-state index in [-0.39, 0.29) is 6.04 Å². The summed E-state index contributed by atoms with van der Waals surface area (Å²) in [7, 11) is 0. The SMILES string of the molecule is Clc1snnc1CN1CCC[C@H]1c1noc(C2CC2)n1. The largest absolute Gasteiger partial charge is 0.339 e. The Morgan fingerprint density at radius 2 is 2.25 bits per heavy atom. The van der Waals surface area contributed by atoms with Crippen molar-refractivity contribution in [2.24, 2.45) is 0 Å². The second kappa shape index (κ2) is 5.05. The summed E-state index contributed by atoms with van der Waals surface area (Å²) in [5.41, 5.74) is 0.842. The van der Waals surface area contributed by atoms with Gasteiger partial charge >= 0.3 is 0 Å². The molecule has 0 N–H and O–H groups in total. The second-order valence-electron chi connectivity index (χ2n) is 5.39. The minimum atomic E-state index is 0.212. The van der Waals surface area contributed by atoms with Crippen LogP contribution in [0.15, 0.2) is 4.52 Å². The molecule has 4 rings (SSSR count). The summed E-state index contributed by atoms with van der Waals surface area (Å²) in [5.74, 6) is 2.12. The van der Waals surface area contributed by atoms with Crippen LogP contribution in [0.5, 0.6) is 0 Å². The summed E-state index contributed by atoms with van der Waals surface area (Å²) in [6.07, 6.45) is 4.54. The van der Waals surface area contributed by atoms with Crippen LogP contribution in [0.3, 0.4) is 0 Å². The first-order valence-corrected chi connectivity index (χ1v) is 8.00. The second-order valence-corrected chi connectivity index (χ2v) is 6.74. The average Bonchev–Trinajstić information content (AvgIpc) is 2.87. The lowest BCUT2D eigenvalue weighted by atomic mass is 10.2. The first kappa shape index (κ1) is 12.7. The summed E-state index contributed by atoms with van der Waals surface area (Å²) < 4.78 is 9.92. The predicted octanol–water partition coefficient (Wildman–Crippen LogP) is 2.79. The molecule has 2 fully saturated rings. The molecule has 3 heterocycles. The van der Waals surface area contributed by atoms with Gasteiger partial charge < -0.3 is 4.52 Å². The normalized spacial score (nSPS) is 23.6. The highest BCUT2D eigenvalue weighted by atomic mass is 35.5. The molecule has 1 aliphatic carbocycles.